The molecule has 2 aliphatic heterocycles. The fraction of sp³-hybridized carbons (Fsp3) is 0.571. The van der Waals surface area contributed by atoms with Gasteiger partial charge in [-0.3, -0.25) is 14.9 Å². The summed E-state index contributed by atoms with van der Waals surface area (Å²) in [5, 5.41) is 9.14. The van der Waals surface area contributed by atoms with Gasteiger partial charge in [-0.25, -0.2) is 5.48 Å². The molecule has 28 heavy (non-hydrogen) atoms. The first-order valence-corrected chi connectivity index (χ1v) is 10.8. The first kappa shape index (κ1) is 21.2. The van der Waals surface area contributed by atoms with Crippen LogP contribution in [0.2, 0.25) is 0 Å². The van der Waals surface area contributed by atoms with Gasteiger partial charge in [0.1, 0.15) is 16.6 Å². The van der Waals surface area contributed by atoms with E-state index in [1.54, 1.807) is 0 Å². The second-order valence-corrected chi connectivity index (χ2v) is 8.76. The van der Waals surface area contributed by atoms with Crippen LogP contribution in [0, 0.1) is 0 Å². The van der Waals surface area contributed by atoms with Crippen molar-refractivity contribution in [3.8, 4) is 5.75 Å². The number of ether oxygens (including phenoxy) is 2. The van der Waals surface area contributed by atoms with Gasteiger partial charge < -0.3 is 9.47 Å². The van der Waals surface area contributed by atoms with Crippen LogP contribution in [0.15, 0.2) is 41.3 Å². The molecule has 0 aromatic heterocycles. The largest absolute Gasteiger partial charge is 0.490 e. The number of likely N-dealkylation sites (tertiary alicyclic amines) is 1. The quantitative estimate of drug-likeness (QED) is 0.411. The highest BCUT2D eigenvalue weighted by Crippen LogP contribution is 2.41. The van der Waals surface area contributed by atoms with Crippen molar-refractivity contribution < 1.29 is 19.5 Å². The molecule has 154 valence electrons. The van der Waals surface area contributed by atoms with E-state index in [1.165, 1.54) is 11.8 Å². The molecular weight excluding hydrogens is 376 g/mol. The minimum atomic E-state index is -0.685. The number of thioether (sulfide) groups is 1. The Morgan fingerprint density at radius 2 is 2.00 bits per heavy atom. The molecule has 0 unspecified atom stereocenters. The number of hydrogen-bond acceptors (Lipinski definition) is 6. The summed E-state index contributed by atoms with van der Waals surface area (Å²) in [6, 6.07) is 7.92. The van der Waals surface area contributed by atoms with Crippen molar-refractivity contribution >= 4 is 17.7 Å². The maximum atomic E-state index is 12.2. The lowest BCUT2D eigenvalue weighted by atomic mass is 9.98. The molecule has 1 amide bonds. The first-order valence-electron chi connectivity index (χ1n) is 9.97. The molecule has 0 radical (unpaired) electrons. The third-order valence-corrected chi connectivity index (χ3v) is 6.88. The lowest BCUT2D eigenvalue weighted by molar-refractivity contribution is -0.134. The highest BCUT2D eigenvalue weighted by atomic mass is 32.2. The van der Waals surface area contributed by atoms with Crippen LogP contribution in [0.5, 0.6) is 5.75 Å². The molecule has 0 spiro atoms. The van der Waals surface area contributed by atoms with Gasteiger partial charge in [-0.1, -0.05) is 12.2 Å². The predicted molar refractivity (Wildman–Crippen MR) is 110 cm³/mol. The molecular formula is C21H30N2O4S. The molecule has 1 aromatic carbocycles. The molecule has 7 heteroatoms. The number of allylic oxidation sites excluding steroid dienone is 1. The zero-order valence-electron chi connectivity index (χ0n) is 16.4. The van der Waals surface area contributed by atoms with Crippen LogP contribution in [0.25, 0.3) is 0 Å². The molecule has 3 rings (SSSR count). The lowest BCUT2D eigenvalue weighted by Gasteiger charge is -2.34. The summed E-state index contributed by atoms with van der Waals surface area (Å²) in [6.45, 7) is 6.23. The van der Waals surface area contributed by atoms with Crippen molar-refractivity contribution in [2.24, 2.45) is 0 Å². The highest BCUT2D eigenvalue weighted by Gasteiger charge is 2.41. The topological polar surface area (TPSA) is 71.0 Å². The van der Waals surface area contributed by atoms with Crippen molar-refractivity contribution in [2.45, 2.75) is 48.4 Å². The Hall–Kier alpha value is -1.54. The Balaban J connectivity index is 1.54. The first-order chi connectivity index (χ1) is 13.6. The minimum Gasteiger partial charge on any atom is -0.490 e. The highest BCUT2D eigenvalue weighted by molar-refractivity contribution is 8.01. The number of hydroxylamine groups is 1. The van der Waals surface area contributed by atoms with E-state index in [4.69, 9.17) is 14.7 Å². The van der Waals surface area contributed by atoms with Crippen LogP contribution >= 0.6 is 11.8 Å². The predicted octanol–water partition coefficient (Wildman–Crippen LogP) is 3.25. The van der Waals surface area contributed by atoms with E-state index in [9.17, 15) is 4.79 Å². The molecule has 0 aliphatic carbocycles. The Bertz CT molecular complexity index is 651. The van der Waals surface area contributed by atoms with Gasteiger partial charge in [0.25, 0.3) is 5.91 Å². The molecule has 0 atom stereocenters. The summed E-state index contributed by atoms with van der Waals surface area (Å²) in [7, 11) is 0. The van der Waals surface area contributed by atoms with Gasteiger partial charge in [-0.15, -0.1) is 11.8 Å². The molecule has 2 heterocycles. The van der Waals surface area contributed by atoms with E-state index >= 15 is 0 Å². The summed E-state index contributed by atoms with van der Waals surface area (Å²) < 4.78 is 10.9. The minimum absolute atomic E-state index is 0.252. The van der Waals surface area contributed by atoms with Gasteiger partial charge in [0.15, 0.2) is 0 Å². The Kier molecular flexibility index (Phi) is 7.79. The zero-order valence-corrected chi connectivity index (χ0v) is 17.2. The van der Waals surface area contributed by atoms with Crippen LogP contribution < -0.4 is 10.2 Å². The van der Waals surface area contributed by atoms with Gasteiger partial charge in [0.2, 0.25) is 0 Å². The van der Waals surface area contributed by atoms with E-state index in [0.717, 1.165) is 43.1 Å². The third-order valence-electron chi connectivity index (χ3n) is 5.39. The monoisotopic (exact) mass is 406 g/mol. The Morgan fingerprint density at radius 1 is 1.32 bits per heavy atom. The Morgan fingerprint density at radius 3 is 2.61 bits per heavy atom. The molecule has 2 saturated heterocycles. The molecule has 1 aromatic rings. The number of amides is 1. The van der Waals surface area contributed by atoms with E-state index in [0.29, 0.717) is 26.1 Å². The van der Waals surface area contributed by atoms with Gasteiger partial charge in [-0.05, 0) is 56.9 Å². The standard InChI is InChI=1S/C21H30N2O4S/c1-2-3-12-23-13-8-18(9-14-23)27-17-4-6-19(7-5-17)28-21(20(24)22-25)10-15-26-16-11-21/h2-7,18,25H,8-16H2,1H3,(H,22,24)/b3-2+. The fourth-order valence-corrected chi connectivity index (χ4v) is 4.88. The van der Waals surface area contributed by atoms with E-state index in [2.05, 4.69) is 24.0 Å². The number of hydrogen-bond donors (Lipinski definition) is 2. The summed E-state index contributed by atoms with van der Waals surface area (Å²) in [5.74, 6) is 0.509. The van der Waals surface area contributed by atoms with Crippen LogP contribution in [0.3, 0.4) is 0 Å². The number of carbonyl (C=O) groups is 1. The van der Waals surface area contributed by atoms with Gasteiger partial charge in [0.05, 0.1) is 0 Å². The number of nitrogens with zero attached hydrogens (tertiary/aromatic N) is 1. The van der Waals surface area contributed by atoms with Crippen molar-refractivity contribution in [1.29, 1.82) is 0 Å². The van der Waals surface area contributed by atoms with Crippen molar-refractivity contribution in [1.82, 2.24) is 10.4 Å². The third kappa shape index (κ3) is 5.50. The van der Waals surface area contributed by atoms with Gasteiger partial charge in [-0.2, -0.15) is 0 Å². The SMILES string of the molecule is C/C=C/CN1CCC(Oc2ccc(SC3(C(=O)NO)CCOCC3)cc2)CC1. The molecule has 0 bridgehead atoms. The van der Waals surface area contributed by atoms with Crippen LogP contribution in [0.1, 0.15) is 32.6 Å². The maximum absolute atomic E-state index is 12.2. The second-order valence-electron chi connectivity index (χ2n) is 7.31. The van der Waals surface area contributed by atoms with E-state index in [1.807, 2.05) is 29.7 Å². The van der Waals surface area contributed by atoms with Crippen LogP contribution in [-0.4, -0.2) is 59.7 Å². The van der Waals surface area contributed by atoms with Gasteiger partial charge in [0, 0.05) is 37.7 Å². The number of carbonyl (C=O) groups excluding carboxylic acids is 1. The van der Waals surface area contributed by atoms with Crippen molar-refractivity contribution in [3.63, 3.8) is 0 Å². The molecule has 6 nitrogen and oxygen atoms in total. The summed E-state index contributed by atoms with van der Waals surface area (Å²) >= 11 is 1.49. The lowest BCUT2D eigenvalue weighted by Crippen LogP contribution is -2.46. The summed E-state index contributed by atoms with van der Waals surface area (Å²) in [4.78, 5) is 15.7. The van der Waals surface area contributed by atoms with E-state index < -0.39 is 4.75 Å². The molecule has 0 saturated carbocycles. The Labute approximate surface area is 171 Å². The fourth-order valence-electron chi connectivity index (χ4n) is 3.65. The smallest absolute Gasteiger partial charge is 0.260 e. The summed E-state index contributed by atoms with van der Waals surface area (Å²) in [5.41, 5.74) is 1.83. The molecule has 2 aliphatic rings. The normalized spacial score (nSPS) is 20.9. The number of benzene rings is 1. The van der Waals surface area contributed by atoms with Crippen LogP contribution in [-0.2, 0) is 9.53 Å². The number of piperidine rings is 1. The summed E-state index contributed by atoms with van der Waals surface area (Å²) in [6.07, 6.45) is 7.77. The number of nitrogens with one attached hydrogen (secondary N) is 1. The average Bonchev–Trinajstić information content (AvgIpc) is 2.74. The average molecular weight is 407 g/mol. The van der Waals surface area contributed by atoms with E-state index in [-0.39, 0.29) is 12.0 Å². The molecule has 2 N–H and O–H groups in total. The van der Waals surface area contributed by atoms with Crippen molar-refractivity contribution in [3.05, 3.63) is 36.4 Å². The van der Waals surface area contributed by atoms with Gasteiger partial charge >= 0.3 is 0 Å². The number of rotatable bonds is 7. The van der Waals surface area contributed by atoms with Crippen LogP contribution in [0.4, 0.5) is 0 Å². The zero-order chi connectivity index (χ0) is 19.8. The van der Waals surface area contributed by atoms with Crippen molar-refractivity contribution in [2.75, 3.05) is 32.8 Å². The molecule has 2 fully saturated rings. The maximum Gasteiger partial charge on any atom is 0.260 e. The second kappa shape index (κ2) is 10.3.